The van der Waals surface area contributed by atoms with Gasteiger partial charge in [0.05, 0.1) is 0 Å². The van der Waals surface area contributed by atoms with E-state index in [-0.39, 0.29) is 0 Å². The van der Waals surface area contributed by atoms with Gasteiger partial charge in [0.15, 0.2) is 0 Å². The molecule has 0 aromatic heterocycles. The summed E-state index contributed by atoms with van der Waals surface area (Å²) in [6.07, 6.45) is 1.11. The molecule has 2 aromatic rings. The Balaban J connectivity index is 2.29. The zero-order chi connectivity index (χ0) is 14.5. The van der Waals surface area contributed by atoms with Crippen molar-refractivity contribution in [1.29, 1.82) is 0 Å². The van der Waals surface area contributed by atoms with Gasteiger partial charge in [-0.15, -0.1) is 0 Å². The van der Waals surface area contributed by atoms with Gasteiger partial charge in [0.1, 0.15) is 0 Å². The van der Waals surface area contributed by atoms with Crippen LogP contribution in [-0.2, 0) is 13.0 Å². The molecule has 2 rings (SSSR count). The van der Waals surface area contributed by atoms with Gasteiger partial charge in [-0.2, -0.15) is 0 Å². The summed E-state index contributed by atoms with van der Waals surface area (Å²) in [6.45, 7) is 5.29. The molecule has 0 aliphatic heterocycles. The minimum absolute atomic E-state index is 0.673. The molecule has 0 amide bonds. The van der Waals surface area contributed by atoms with E-state index < -0.39 is 0 Å². The molecular formula is C18H22ClN. The molecule has 0 saturated heterocycles. The Morgan fingerprint density at radius 2 is 1.80 bits per heavy atom. The number of nitrogens with one attached hydrogen (secondary N) is 1. The number of rotatable bonds is 5. The molecule has 0 atom stereocenters. The molecule has 0 fully saturated rings. The standard InChI is InChI=1S/C18H22ClN/c1-13(2)9-14-5-4-6-15(10-14)16-7-8-17(12-20-3)18(19)11-16/h4-8,10-11,13,20H,9,12H2,1-3H3. The molecule has 0 radical (unpaired) electrons. The van der Waals surface area contributed by atoms with Gasteiger partial charge in [0, 0.05) is 11.6 Å². The van der Waals surface area contributed by atoms with E-state index in [1.807, 2.05) is 7.05 Å². The van der Waals surface area contributed by atoms with E-state index in [4.69, 9.17) is 11.6 Å². The van der Waals surface area contributed by atoms with E-state index in [2.05, 4.69) is 61.6 Å². The highest BCUT2D eigenvalue weighted by Crippen LogP contribution is 2.26. The predicted molar refractivity (Wildman–Crippen MR) is 88.2 cm³/mol. The average molecular weight is 288 g/mol. The first kappa shape index (κ1) is 15.1. The first-order valence-electron chi connectivity index (χ1n) is 7.12. The minimum atomic E-state index is 0.673. The van der Waals surface area contributed by atoms with Crippen LogP contribution in [0.15, 0.2) is 42.5 Å². The summed E-state index contributed by atoms with van der Waals surface area (Å²) in [5.41, 5.74) is 4.94. The molecule has 2 aromatic carbocycles. The fourth-order valence-electron chi connectivity index (χ4n) is 2.41. The molecule has 0 unspecified atom stereocenters. The van der Waals surface area contributed by atoms with E-state index >= 15 is 0 Å². The lowest BCUT2D eigenvalue weighted by molar-refractivity contribution is 0.647. The van der Waals surface area contributed by atoms with Crippen LogP contribution in [0.4, 0.5) is 0 Å². The summed E-state index contributed by atoms with van der Waals surface area (Å²) in [5.74, 6) is 0.673. The van der Waals surface area contributed by atoms with Crippen molar-refractivity contribution in [3.63, 3.8) is 0 Å². The Bertz CT molecular complexity index is 575. The Labute approximate surface area is 127 Å². The average Bonchev–Trinajstić information content (AvgIpc) is 2.41. The van der Waals surface area contributed by atoms with Gasteiger partial charge in [-0.25, -0.2) is 0 Å². The van der Waals surface area contributed by atoms with Crippen molar-refractivity contribution in [2.75, 3.05) is 7.05 Å². The molecule has 0 saturated carbocycles. The lowest BCUT2D eigenvalue weighted by atomic mass is 9.97. The normalized spacial score (nSPS) is 11.1. The monoisotopic (exact) mass is 287 g/mol. The summed E-state index contributed by atoms with van der Waals surface area (Å²) in [4.78, 5) is 0. The van der Waals surface area contributed by atoms with E-state index in [0.29, 0.717) is 5.92 Å². The smallest absolute Gasteiger partial charge is 0.0457 e. The van der Waals surface area contributed by atoms with Gasteiger partial charge in [0.25, 0.3) is 0 Å². The van der Waals surface area contributed by atoms with Crippen molar-refractivity contribution in [3.8, 4) is 11.1 Å². The van der Waals surface area contributed by atoms with Gasteiger partial charge in [-0.05, 0) is 47.7 Å². The van der Waals surface area contributed by atoms with Crippen LogP contribution >= 0.6 is 11.6 Å². The number of benzene rings is 2. The summed E-state index contributed by atoms with van der Waals surface area (Å²) >= 11 is 6.34. The van der Waals surface area contributed by atoms with Crippen LogP contribution in [0.5, 0.6) is 0 Å². The van der Waals surface area contributed by atoms with Gasteiger partial charge >= 0.3 is 0 Å². The highest BCUT2D eigenvalue weighted by atomic mass is 35.5. The van der Waals surface area contributed by atoms with Gasteiger partial charge in [-0.1, -0.05) is 61.8 Å². The summed E-state index contributed by atoms with van der Waals surface area (Å²) < 4.78 is 0. The van der Waals surface area contributed by atoms with E-state index in [9.17, 15) is 0 Å². The fraction of sp³-hybridized carbons (Fsp3) is 0.333. The molecule has 1 nitrogen and oxygen atoms in total. The minimum Gasteiger partial charge on any atom is -0.316 e. The van der Waals surface area contributed by atoms with Crippen molar-refractivity contribution < 1.29 is 0 Å². The molecule has 0 heterocycles. The predicted octanol–water partition coefficient (Wildman–Crippen LogP) is 4.92. The number of hydrogen-bond donors (Lipinski definition) is 1. The third-order valence-corrected chi connectivity index (χ3v) is 3.68. The summed E-state index contributed by atoms with van der Waals surface area (Å²) in [6, 6.07) is 15.0. The second-order valence-electron chi connectivity index (χ2n) is 5.63. The molecule has 106 valence electrons. The van der Waals surface area contributed by atoms with Crippen LogP contribution in [0, 0.1) is 5.92 Å². The zero-order valence-corrected chi connectivity index (χ0v) is 13.2. The molecule has 0 aliphatic rings. The van der Waals surface area contributed by atoms with E-state index in [0.717, 1.165) is 23.6 Å². The Hall–Kier alpha value is -1.31. The molecule has 1 N–H and O–H groups in total. The lowest BCUT2D eigenvalue weighted by Crippen LogP contribution is -2.05. The summed E-state index contributed by atoms with van der Waals surface area (Å²) in [5, 5.41) is 3.96. The van der Waals surface area contributed by atoms with E-state index in [1.54, 1.807) is 0 Å². The quantitative estimate of drug-likeness (QED) is 0.822. The first-order chi connectivity index (χ1) is 9.60. The topological polar surface area (TPSA) is 12.0 Å². The number of halogens is 1. The molecule has 0 aliphatic carbocycles. The maximum absolute atomic E-state index is 6.34. The van der Waals surface area contributed by atoms with Crippen molar-refractivity contribution in [1.82, 2.24) is 5.32 Å². The van der Waals surface area contributed by atoms with Gasteiger partial charge < -0.3 is 5.32 Å². The van der Waals surface area contributed by atoms with Crippen LogP contribution in [0.3, 0.4) is 0 Å². The first-order valence-corrected chi connectivity index (χ1v) is 7.50. The number of hydrogen-bond acceptors (Lipinski definition) is 1. The Kier molecular flexibility index (Phi) is 5.22. The molecule has 0 bridgehead atoms. The van der Waals surface area contributed by atoms with Crippen molar-refractivity contribution >= 4 is 11.6 Å². The molecule has 0 spiro atoms. The van der Waals surface area contributed by atoms with Crippen molar-refractivity contribution in [2.45, 2.75) is 26.8 Å². The maximum Gasteiger partial charge on any atom is 0.0457 e. The maximum atomic E-state index is 6.34. The van der Waals surface area contributed by atoms with E-state index in [1.165, 1.54) is 16.7 Å². The third kappa shape index (κ3) is 3.84. The van der Waals surface area contributed by atoms with Crippen molar-refractivity contribution in [3.05, 3.63) is 58.6 Å². The third-order valence-electron chi connectivity index (χ3n) is 3.32. The van der Waals surface area contributed by atoms with Crippen LogP contribution in [-0.4, -0.2) is 7.05 Å². The highest BCUT2D eigenvalue weighted by molar-refractivity contribution is 6.31. The SMILES string of the molecule is CNCc1ccc(-c2cccc(CC(C)C)c2)cc1Cl. The summed E-state index contributed by atoms with van der Waals surface area (Å²) in [7, 11) is 1.93. The van der Waals surface area contributed by atoms with Gasteiger partial charge in [0.2, 0.25) is 0 Å². The van der Waals surface area contributed by atoms with Crippen LogP contribution in [0.2, 0.25) is 5.02 Å². The molecular weight excluding hydrogens is 266 g/mol. The lowest BCUT2D eigenvalue weighted by Gasteiger charge is -2.10. The Morgan fingerprint density at radius 1 is 1.05 bits per heavy atom. The largest absolute Gasteiger partial charge is 0.316 e. The van der Waals surface area contributed by atoms with Crippen molar-refractivity contribution in [2.24, 2.45) is 5.92 Å². The Morgan fingerprint density at radius 3 is 2.45 bits per heavy atom. The second kappa shape index (κ2) is 6.92. The van der Waals surface area contributed by atoms with Crippen LogP contribution in [0.1, 0.15) is 25.0 Å². The molecule has 20 heavy (non-hydrogen) atoms. The second-order valence-corrected chi connectivity index (χ2v) is 6.04. The fourth-order valence-corrected chi connectivity index (χ4v) is 2.66. The zero-order valence-electron chi connectivity index (χ0n) is 12.4. The highest BCUT2D eigenvalue weighted by Gasteiger charge is 2.05. The van der Waals surface area contributed by atoms with Crippen LogP contribution < -0.4 is 5.32 Å². The van der Waals surface area contributed by atoms with Crippen LogP contribution in [0.25, 0.3) is 11.1 Å². The van der Waals surface area contributed by atoms with Gasteiger partial charge in [-0.3, -0.25) is 0 Å². The molecule has 2 heteroatoms.